The lowest BCUT2D eigenvalue weighted by molar-refractivity contribution is 0.352. The molecule has 2 aromatic rings. The van der Waals surface area contributed by atoms with Crippen molar-refractivity contribution >= 4 is 39.1 Å². The summed E-state index contributed by atoms with van der Waals surface area (Å²) < 4.78 is 6.81. The van der Waals surface area contributed by atoms with Crippen LogP contribution in [-0.2, 0) is 19.5 Å². The average molecular weight is 387 g/mol. The van der Waals surface area contributed by atoms with Crippen molar-refractivity contribution < 1.29 is 4.74 Å². The Balaban J connectivity index is 1.70. The van der Waals surface area contributed by atoms with Crippen LogP contribution >= 0.6 is 39.1 Å². The Morgan fingerprint density at radius 3 is 2.76 bits per heavy atom. The van der Waals surface area contributed by atoms with Gasteiger partial charge in [-0.05, 0) is 41.5 Å². The Bertz CT molecular complexity index is 676. The molecule has 0 radical (unpaired) electrons. The molecule has 0 amide bonds. The summed E-state index contributed by atoms with van der Waals surface area (Å²) in [7, 11) is 0. The average Bonchev–Trinajstić information content (AvgIpc) is 2.90. The molecule has 0 fully saturated rings. The van der Waals surface area contributed by atoms with Gasteiger partial charge in [0.25, 0.3) is 0 Å². The van der Waals surface area contributed by atoms with Crippen LogP contribution in [0.2, 0.25) is 10.0 Å². The molecule has 1 heterocycles. The molecule has 3 rings (SSSR count). The highest BCUT2D eigenvalue weighted by Gasteiger charge is 2.17. The summed E-state index contributed by atoms with van der Waals surface area (Å²) in [4.78, 5) is 0. The zero-order valence-electron chi connectivity index (χ0n) is 11.3. The molecule has 0 saturated carbocycles. The number of benzene rings is 2. The number of nitrogens with one attached hydrogen (secondary N) is 1. The smallest absolute Gasteiger partial charge is 0.127 e. The molecule has 2 aromatic carbocycles. The molecule has 0 saturated heterocycles. The fourth-order valence-corrected chi connectivity index (χ4v) is 3.42. The van der Waals surface area contributed by atoms with E-state index in [1.165, 1.54) is 5.56 Å². The van der Waals surface area contributed by atoms with Gasteiger partial charge in [0, 0.05) is 39.6 Å². The molecule has 1 aliphatic rings. The van der Waals surface area contributed by atoms with Gasteiger partial charge >= 0.3 is 0 Å². The van der Waals surface area contributed by atoms with Crippen molar-refractivity contribution in [2.75, 3.05) is 6.61 Å². The Hall–Kier alpha value is -0.740. The fraction of sp³-hybridized carbons (Fsp3) is 0.250. The number of halogens is 3. The molecule has 0 atom stereocenters. The Morgan fingerprint density at radius 1 is 1.10 bits per heavy atom. The normalized spacial score (nSPS) is 13.1. The summed E-state index contributed by atoms with van der Waals surface area (Å²) in [6.07, 6.45) is 0.974. The van der Waals surface area contributed by atoms with Crippen LogP contribution in [0.25, 0.3) is 0 Å². The van der Waals surface area contributed by atoms with E-state index < -0.39 is 0 Å². The number of fused-ring (bicyclic) bond motifs is 1. The first-order valence-electron chi connectivity index (χ1n) is 6.72. The molecule has 110 valence electrons. The van der Waals surface area contributed by atoms with Crippen molar-refractivity contribution in [1.82, 2.24) is 5.32 Å². The lowest BCUT2D eigenvalue weighted by Gasteiger charge is -2.11. The van der Waals surface area contributed by atoms with Gasteiger partial charge in [-0.15, -0.1) is 0 Å². The van der Waals surface area contributed by atoms with Gasteiger partial charge < -0.3 is 10.1 Å². The monoisotopic (exact) mass is 385 g/mol. The summed E-state index contributed by atoms with van der Waals surface area (Å²) in [5, 5.41) is 4.82. The standard InChI is InChI=1S/C16H14BrCl2NO/c17-13-5-10-3-4-21-16(10)12(6-13)9-20-8-11-7-14(18)1-2-15(11)19/h1-2,5-7,20H,3-4,8-9H2. The summed E-state index contributed by atoms with van der Waals surface area (Å²) >= 11 is 15.7. The van der Waals surface area contributed by atoms with Crippen molar-refractivity contribution in [3.63, 3.8) is 0 Å². The molecule has 0 aliphatic carbocycles. The van der Waals surface area contributed by atoms with E-state index in [2.05, 4.69) is 33.4 Å². The Kier molecular flexibility index (Phi) is 4.75. The molecular weight excluding hydrogens is 373 g/mol. The maximum absolute atomic E-state index is 6.17. The molecule has 0 bridgehead atoms. The topological polar surface area (TPSA) is 21.3 Å². The van der Waals surface area contributed by atoms with E-state index >= 15 is 0 Å². The van der Waals surface area contributed by atoms with E-state index in [-0.39, 0.29) is 0 Å². The summed E-state index contributed by atoms with van der Waals surface area (Å²) in [6, 6.07) is 9.72. The Morgan fingerprint density at radius 2 is 1.90 bits per heavy atom. The van der Waals surface area contributed by atoms with Crippen molar-refractivity contribution in [3.8, 4) is 5.75 Å². The zero-order chi connectivity index (χ0) is 14.8. The molecule has 0 spiro atoms. The molecule has 1 N–H and O–H groups in total. The van der Waals surface area contributed by atoms with E-state index in [1.54, 1.807) is 6.07 Å². The molecule has 5 heteroatoms. The molecule has 2 nitrogen and oxygen atoms in total. The maximum Gasteiger partial charge on any atom is 0.127 e. The van der Waals surface area contributed by atoms with E-state index in [0.717, 1.165) is 45.9 Å². The number of ether oxygens (including phenoxy) is 1. The van der Waals surface area contributed by atoms with Crippen molar-refractivity contribution in [3.05, 3.63) is 61.5 Å². The van der Waals surface area contributed by atoms with E-state index in [1.807, 2.05) is 12.1 Å². The molecule has 1 aliphatic heterocycles. The first kappa shape index (κ1) is 15.2. The van der Waals surface area contributed by atoms with Crippen LogP contribution in [0.3, 0.4) is 0 Å². The second kappa shape index (κ2) is 6.57. The van der Waals surface area contributed by atoms with Crippen molar-refractivity contribution in [2.24, 2.45) is 0 Å². The van der Waals surface area contributed by atoms with E-state index in [9.17, 15) is 0 Å². The van der Waals surface area contributed by atoms with Gasteiger partial charge in [0.1, 0.15) is 5.75 Å². The SMILES string of the molecule is Clc1ccc(Cl)c(CNCc2cc(Br)cc3c2OCC3)c1. The van der Waals surface area contributed by atoms with Gasteiger partial charge in [-0.3, -0.25) is 0 Å². The Labute approximate surface area is 142 Å². The third kappa shape index (κ3) is 3.54. The highest BCUT2D eigenvalue weighted by Crippen LogP contribution is 2.33. The summed E-state index contributed by atoms with van der Waals surface area (Å²) in [5.74, 6) is 1.02. The van der Waals surface area contributed by atoms with Gasteiger partial charge in [0.15, 0.2) is 0 Å². The van der Waals surface area contributed by atoms with Crippen LogP contribution in [0.4, 0.5) is 0 Å². The lowest BCUT2D eigenvalue weighted by Crippen LogP contribution is -2.13. The fourth-order valence-electron chi connectivity index (χ4n) is 2.49. The van der Waals surface area contributed by atoms with Gasteiger partial charge in [0.05, 0.1) is 6.61 Å². The first-order valence-corrected chi connectivity index (χ1v) is 8.27. The molecule has 21 heavy (non-hydrogen) atoms. The zero-order valence-corrected chi connectivity index (χ0v) is 14.4. The van der Waals surface area contributed by atoms with E-state index in [4.69, 9.17) is 27.9 Å². The molecule has 0 unspecified atom stereocenters. The second-order valence-corrected chi connectivity index (χ2v) is 6.75. The molecule has 0 aromatic heterocycles. The quantitative estimate of drug-likeness (QED) is 0.799. The van der Waals surface area contributed by atoms with E-state index in [0.29, 0.717) is 11.6 Å². The molecular formula is C16H14BrCl2NO. The number of rotatable bonds is 4. The van der Waals surface area contributed by atoms with Crippen LogP contribution in [0.15, 0.2) is 34.8 Å². The number of hydrogen-bond acceptors (Lipinski definition) is 2. The third-order valence-corrected chi connectivity index (χ3v) is 4.53. The maximum atomic E-state index is 6.17. The minimum atomic E-state index is 0.667. The lowest BCUT2D eigenvalue weighted by atomic mass is 10.1. The van der Waals surface area contributed by atoms with Crippen LogP contribution in [0.5, 0.6) is 5.75 Å². The van der Waals surface area contributed by atoms with Crippen LogP contribution in [-0.4, -0.2) is 6.61 Å². The van der Waals surface area contributed by atoms with Gasteiger partial charge in [-0.2, -0.15) is 0 Å². The van der Waals surface area contributed by atoms with Crippen molar-refractivity contribution in [1.29, 1.82) is 0 Å². The van der Waals surface area contributed by atoms with Crippen molar-refractivity contribution in [2.45, 2.75) is 19.5 Å². The first-order chi connectivity index (χ1) is 10.1. The van der Waals surface area contributed by atoms with Crippen LogP contribution in [0, 0.1) is 0 Å². The minimum Gasteiger partial charge on any atom is -0.493 e. The van der Waals surface area contributed by atoms with Gasteiger partial charge in [0.2, 0.25) is 0 Å². The number of hydrogen-bond donors (Lipinski definition) is 1. The van der Waals surface area contributed by atoms with Gasteiger partial charge in [-0.25, -0.2) is 0 Å². The highest BCUT2D eigenvalue weighted by atomic mass is 79.9. The highest BCUT2D eigenvalue weighted by molar-refractivity contribution is 9.10. The van der Waals surface area contributed by atoms with Crippen LogP contribution < -0.4 is 10.1 Å². The van der Waals surface area contributed by atoms with Crippen LogP contribution in [0.1, 0.15) is 16.7 Å². The predicted molar refractivity (Wildman–Crippen MR) is 90.3 cm³/mol. The van der Waals surface area contributed by atoms with Gasteiger partial charge in [-0.1, -0.05) is 39.1 Å². The second-order valence-electron chi connectivity index (χ2n) is 4.99. The summed E-state index contributed by atoms with van der Waals surface area (Å²) in [5.41, 5.74) is 3.42. The third-order valence-electron chi connectivity index (χ3n) is 3.46. The largest absolute Gasteiger partial charge is 0.493 e. The summed E-state index contributed by atoms with van der Waals surface area (Å²) in [6.45, 7) is 2.16. The minimum absolute atomic E-state index is 0.667. The predicted octanol–water partition coefficient (Wildman–Crippen LogP) is 4.98.